The zero-order chi connectivity index (χ0) is 12.4. The van der Waals surface area contributed by atoms with Crippen LogP contribution < -0.4 is 0 Å². The summed E-state index contributed by atoms with van der Waals surface area (Å²) in [5, 5.41) is 13.0. The molecule has 3 heteroatoms. The Morgan fingerprint density at radius 2 is 1.67 bits per heavy atom. The van der Waals surface area contributed by atoms with Crippen LogP contribution in [0.2, 0.25) is 0 Å². The molecule has 3 nitrogen and oxygen atoms in total. The molecule has 0 unspecified atom stereocenters. The van der Waals surface area contributed by atoms with Crippen LogP contribution in [0.4, 0.5) is 0 Å². The summed E-state index contributed by atoms with van der Waals surface area (Å²) in [6, 6.07) is 18.2. The lowest BCUT2D eigenvalue weighted by atomic mass is 10.1. The third kappa shape index (κ3) is 1.66. The number of oxime groups is 1. The fourth-order valence-electron chi connectivity index (χ4n) is 2.20. The highest BCUT2D eigenvalue weighted by molar-refractivity contribution is 5.99. The van der Waals surface area contributed by atoms with Crippen molar-refractivity contribution in [3.63, 3.8) is 0 Å². The van der Waals surface area contributed by atoms with Gasteiger partial charge < -0.3 is 9.77 Å². The van der Waals surface area contributed by atoms with Gasteiger partial charge >= 0.3 is 0 Å². The van der Waals surface area contributed by atoms with Crippen molar-refractivity contribution in [1.29, 1.82) is 0 Å². The lowest BCUT2D eigenvalue weighted by molar-refractivity contribution is 0.320. The lowest BCUT2D eigenvalue weighted by Crippen LogP contribution is -1.91. The van der Waals surface area contributed by atoms with Gasteiger partial charge in [0.15, 0.2) is 0 Å². The molecule has 0 aliphatic heterocycles. The number of hydrogen-bond donors (Lipinski definition) is 1. The van der Waals surface area contributed by atoms with E-state index in [-0.39, 0.29) is 0 Å². The van der Waals surface area contributed by atoms with Crippen LogP contribution in [0, 0.1) is 0 Å². The number of para-hydroxylation sites is 1. The topological polar surface area (TPSA) is 37.5 Å². The molecule has 0 fully saturated rings. The van der Waals surface area contributed by atoms with Gasteiger partial charge in [0.2, 0.25) is 0 Å². The van der Waals surface area contributed by atoms with Crippen LogP contribution in [0.15, 0.2) is 65.9 Å². The fourth-order valence-corrected chi connectivity index (χ4v) is 2.20. The van der Waals surface area contributed by atoms with Crippen LogP contribution in [-0.4, -0.2) is 16.1 Å². The smallest absolute Gasteiger partial charge is 0.139 e. The molecule has 0 aliphatic carbocycles. The van der Waals surface area contributed by atoms with E-state index in [0.717, 1.165) is 22.0 Å². The molecule has 0 atom stereocenters. The Labute approximate surface area is 105 Å². The van der Waals surface area contributed by atoms with Crippen LogP contribution >= 0.6 is 0 Å². The largest absolute Gasteiger partial charge is 0.410 e. The van der Waals surface area contributed by atoms with Crippen molar-refractivity contribution < 1.29 is 5.21 Å². The SMILES string of the molecule is O/N=C/n1cc(-c2ccccc2)c2ccccc21. The summed E-state index contributed by atoms with van der Waals surface area (Å²) >= 11 is 0. The van der Waals surface area contributed by atoms with Crippen LogP contribution in [0.3, 0.4) is 0 Å². The number of nitrogens with zero attached hydrogens (tertiary/aromatic N) is 2. The molecule has 18 heavy (non-hydrogen) atoms. The van der Waals surface area contributed by atoms with Crippen molar-refractivity contribution in [1.82, 2.24) is 4.57 Å². The van der Waals surface area contributed by atoms with E-state index in [1.54, 1.807) is 0 Å². The molecule has 88 valence electrons. The van der Waals surface area contributed by atoms with Gasteiger partial charge in [-0.05, 0) is 11.6 Å². The van der Waals surface area contributed by atoms with Gasteiger partial charge in [-0.2, -0.15) is 0 Å². The maximum Gasteiger partial charge on any atom is 0.139 e. The highest BCUT2D eigenvalue weighted by atomic mass is 16.4. The van der Waals surface area contributed by atoms with Gasteiger partial charge in [0.05, 0.1) is 5.52 Å². The van der Waals surface area contributed by atoms with Gasteiger partial charge in [0.25, 0.3) is 0 Å². The molecule has 0 radical (unpaired) electrons. The highest BCUT2D eigenvalue weighted by Gasteiger charge is 2.08. The summed E-state index contributed by atoms with van der Waals surface area (Å²) in [4.78, 5) is 0. The van der Waals surface area contributed by atoms with Crippen molar-refractivity contribution in [2.75, 3.05) is 0 Å². The van der Waals surface area contributed by atoms with Gasteiger partial charge in [-0.3, -0.25) is 0 Å². The van der Waals surface area contributed by atoms with E-state index in [1.807, 2.05) is 47.2 Å². The number of aromatic nitrogens is 1. The molecule has 1 N–H and O–H groups in total. The second kappa shape index (κ2) is 4.37. The predicted octanol–water partition coefficient (Wildman–Crippen LogP) is 3.57. The quantitative estimate of drug-likeness (QED) is 0.314. The van der Waals surface area contributed by atoms with E-state index in [2.05, 4.69) is 23.4 Å². The molecule has 0 saturated heterocycles. The number of hydrogen-bond acceptors (Lipinski definition) is 2. The van der Waals surface area contributed by atoms with Crippen LogP contribution in [0.25, 0.3) is 22.0 Å². The monoisotopic (exact) mass is 236 g/mol. The predicted molar refractivity (Wildman–Crippen MR) is 73.1 cm³/mol. The van der Waals surface area contributed by atoms with Crippen molar-refractivity contribution in [3.8, 4) is 11.1 Å². The first-order valence-corrected chi connectivity index (χ1v) is 5.72. The molecular formula is C15H12N2O. The molecular weight excluding hydrogens is 224 g/mol. The van der Waals surface area contributed by atoms with Crippen LogP contribution in [0.1, 0.15) is 0 Å². The Kier molecular flexibility index (Phi) is 2.57. The molecule has 0 spiro atoms. The summed E-state index contributed by atoms with van der Waals surface area (Å²) in [6.45, 7) is 0. The normalized spacial score (nSPS) is 11.3. The average molecular weight is 236 g/mol. The molecule has 0 saturated carbocycles. The second-order valence-electron chi connectivity index (χ2n) is 4.06. The van der Waals surface area contributed by atoms with Crippen LogP contribution in [0.5, 0.6) is 0 Å². The minimum absolute atomic E-state index is 1.02. The van der Waals surface area contributed by atoms with Gasteiger partial charge in [-0.15, -0.1) is 0 Å². The van der Waals surface area contributed by atoms with Gasteiger partial charge in [0, 0.05) is 17.1 Å². The second-order valence-corrected chi connectivity index (χ2v) is 4.06. The van der Waals surface area contributed by atoms with E-state index in [4.69, 9.17) is 5.21 Å². The maximum absolute atomic E-state index is 8.71. The first-order valence-electron chi connectivity index (χ1n) is 5.72. The summed E-state index contributed by atoms with van der Waals surface area (Å²) in [6.07, 6.45) is 3.37. The summed E-state index contributed by atoms with van der Waals surface area (Å²) in [7, 11) is 0. The third-order valence-electron chi connectivity index (χ3n) is 3.00. The third-order valence-corrected chi connectivity index (χ3v) is 3.00. The average Bonchev–Trinajstić information content (AvgIpc) is 2.80. The van der Waals surface area contributed by atoms with E-state index < -0.39 is 0 Å². The van der Waals surface area contributed by atoms with E-state index in [9.17, 15) is 0 Å². The Bertz CT molecular complexity index is 699. The molecule has 3 rings (SSSR count). The number of fused-ring (bicyclic) bond motifs is 1. The minimum Gasteiger partial charge on any atom is -0.410 e. The van der Waals surface area contributed by atoms with Crippen molar-refractivity contribution >= 4 is 17.2 Å². The van der Waals surface area contributed by atoms with Crippen molar-refractivity contribution in [2.24, 2.45) is 5.16 Å². The van der Waals surface area contributed by atoms with E-state index >= 15 is 0 Å². The zero-order valence-electron chi connectivity index (χ0n) is 9.69. The highest BCUT2D eigenvalue weighted by Crippen LogP contribution is 2.29. The summed E-state index contributed by atoms with van der Waals surface area (Å²) < 4.78 is 1.82. The van der Waals surface area contributed by atoms with Gasteiger partial charge in [0.1, 0.15) is 6.34 Å². The molecule has 3 aromatic rings. The van der Waals surface area contributed by atoms with E-state index in [1.165, 1.54) is 6.34 Å². The Balaban J connectivity index is 2.30. The zero-order valence-corrected chi connectivity index (χ0v) is 9.69. The summed E-state index contributed by atoms with van der Waals surface area (Å²) in [5.74, 6) is 0. The molecule has 1 aromatic heterocycles. The molecule has 0 bridgehead atoms. The Morgan fingerprint density at radius 1 is 0.944 bits per heavy atom. The molecule has 1 heterocycles. The number of benzene rings is 2. The van der Waals surface area contributed by atoms with Gasteiger partial charge in [-0.25, -0.2) is 0 Å². The molecule has 0 amide bonds. The summed E-state index contributed by atoms with van der Waals surface area (Å²) in [5.41, 5.74) is 3.30. The standard InChI is InChI=1S/C15H12N2O/c18-16-11-17-10-14(12-6-2-1-3-7-12)13-8-4-5-9-15(13)17/h1-11,18H/b16-11+. The Hall–Kier alpha value is -2.55. The molecule has 2 aromatic carbocycles. The first-order chi connectivity index (χ1) is 8.90. The molecule has 0 aliphatic rings. The number of rotatable bonds is 2. The van der Waals surface area contributed by atoms with Crippen molar-refractivity contribution in [2.45, 2.75) is 0 Å². The van der Waals surface area contributed by atoms with E-state index in [0.29, 0.717) is 0 Å². The fraction of sp³-hybridized carbons (Fsp3) is 0. The lowest BCUT2D eigenvalue weighted by Gasteiger charge is -1.97. The van der Waals surface area contributed by atoms with Gasteiger partial charge in [-0.1, -0.05) is 53.7 Å². The maximum atomic E-state index is 8.71. The Morgan fingerprint density at radius 3 is 2.44 bits per heavy atom. The van der Waals surface area contributed by atoms with Crippen LogP contribution in [-0.2, 0) is 0 Å². The van der Waals surface area contributed by atoms with Crippen molar-refractivity contribution in [3.05, 3.63) is 60.8 Å². The minimum atomic E-state index is 1.02. The first kappa shape index (κ1) is 10.6.